The first-order valence-corrected chi connectivity index (χ1v) is 8.53. The second-order valence-electron chi connectivity index (χ2n) is 5.28. The third kappa shape index (κ3) is 3.77. The van der Waals surface area contributed by atoms with Crippen LogP contribution in [0.5, 0.6) is 0 Å². The molecule has 0 radical (unpaired) electrons. The highest BCUT2D eigenvalue weighted by atomic mass is 35.5. The summed E-state index contributed by atoms with van der Waals surface area (Å²) in [7, 11) is 0. The van der Waals surface area contributed by atoms with Gasteiger partial charge in [0.05, 0.1) is 18.5 Å². The molecule has 0 atom stereocenters. The predicted molar refractivity (Wildman–Crippen MR) is 97.0 cm³/mol. The number of hydrogen-bond acceptors (Lipinski definition) is 5. The van der Waals surface area contributed by atoms with Crippen molar-refractivity contribution in [1.82, 2.24) is 4.98 Å². The van der Waals surface area contributed by atoms with Gasteiger partial charge in [0.1, 0.15) is 10.6 Å². The van der Waals surface area contributed by atoms with E-state index < -0.39 is 0 Å². The zero-order valence-corrected chi connectivity index (χ0v) is 14.8. The van der Waals surface area contributed by atoms with Crippen LogP contribution in [0, 0.1) is 13.8 Å². The van der Waals surface area contributed by atoms with Gasteiger partial charge in [-0.25, -0.2) is 4.98 Å². The van der Waals surface area contributed by atoms with E-state index in [9.17, 15) is 4.79 Å². The summed E-state index contributed by atoms with van der Waals surface area (Å²) in [5.74, 6) is 0.628. The average Bonchev–Trinajstić information content (AvgIpc) is 3.18. The molecule has 0 aliphatic heterocycles. The van der Waals surface area contributed by atoms with Gasteiger partial charge < -0.3 is 15.1 Å². The van der Waals surface area contributed by atoms with Crippen LogP contribution >= 0.6 is 22.9 Å². The highest BCUT2D eigenvalue weighted by Crippen LogP contribution is 2.25. The topological polar surface area (TPSA) is 67.2 Å². The minimum absolute atomic E-state index is 0.183. The van der Waals surface area contributed by atoms with E-state index in [4.69, 9.17) is 16.0 Å². The average molecular weight is 362 g/mol. The van der Waals surface area contributed by atoms with Gasteiger partial charge in [-0.2, -0.15) is 0 Å². The molecule has 0 bridgehead atoms. The Bertz CT molecular complexity index is 859. The van der Waals surface area contributed by atoms with Gasteiger partial charge in [-0.05, 0) is 49.7 Å². The quantitative estimate of drug-likeness (QED) is 0.680. The number of carbonyl (C=O) groups excluding carboxylic acids is 1. The second-order valence-corrected chi connectivity index (χ2v) is 6.69. The first kappa shape index (κ1) is 16.5. The summed E-state index contributed by atoms with van der Waals surface area (Å²) in [5, 5.41) is 7.39. The molecule has 0 saturated carbocycles. The van der Waals surface area contributed by atoms with E-state index in [1.54, 1.807) is 18.4 Å². The highest BCUT2D eigenvalue weighted by Gasteiger charge is 2.16. The van der Waals surface area contributed by atoms with Gasteiger partial charge in [0, 0.05) is 10.7 Å². The zero-order valence-electron chi connectivity index (χ0n) is 13.2. The van der Waals surface area contributed by atoms with E-state index in [0.717, 1.165) is 11.3 Å². The van der Waals surface area contributed by atoms with Gasteiger partial charge in [0.25, 0.3) is 5.91 Å². The molecule has 1 amide bonds. The maximum Gasteiger partial charge on any atom is 0.267 e. The monoisotopic (exact) mass is 361 g/mol. The summed E-state index contributed by atoms with van der Waals surface area (Å²) >= 11 is 7.32. The Morgan fingerprint density at radius 1 is 1.33 bits per heavy atom. The summed E-state index contributed by atoms with van der Waals surface area (Å²) in [5.41, 5.74) is 2.31. The number of hydrogen-bond donors (Lipinski definition) is 2. The number of thiazole rings is 1. The van der Waals surface area contributed by atoms with Gasteiger partial charge in [0.2, 0.25) is 0 Å². The molecule has 124 valence electrons. The van der Waals surface area contributed by atoms with E-state index in [0.29, 0.717) is 33.0 Å². The van der Waals surface area contributed by atoms with Gasteiger partial charge in [-0.15, -0.1) is 0 Å². The lowest BCUT2D eigenvalue weighted by Crippen LogP contribution is -2.11. The van der Waals surface area contributed by atoms with Crippen LogP contribution in [0.4, 0.5) is 10.8 Å². The minimum atomic E-state index is -0.183. The molecule has 0 aliphatic rings. The van der Waals surface area contributed by atoms with Gasteiger partial charge >= 0.3 is 0 Å². The van der Waals surface area contributed by atoms with Crippen LogP contribution in [0.3, 0.4) is 0 Å². The molecule has 5 nitrogen and oxygen atoms in total. The smallest absolute Gasteiger partial charge is 0.267 e. The van der Waals surface area contributed by atoms with E-state index in [1.807, 2.05) is 32.0 Å². The molecule has 0 fully saturated rings. The number of amides is 1. The Balaban J connectivity index is 1.69. The number of nitrogens with one attached hydrogen (secondary N) is 2. The van der Waals surface area contributed by atoms with Gasteiger partial charge in [0.15, 0.2) is 5.13 Å². The Morgan fingerprint density at radius 2 is 2.17 bits per heavy atom. The molecule has 1 aromatic carbocycles. The molecule has 0 unspecified atom stereocenters. The normalized spacial score (nSPS) is 10.6. The van der Waals surface area contributed by atoms with Crippen molar-refractivity contribution in [3.05, 3.63) is 63.5 Å². The zero-order chi connectivity index (χ0) is 17.1. The van der Waals surface area contributed by atoms with Crippen LogP contribution in [-0.2, 0) is 6.54 Å². The maximum absolute atomic E-state index is 12.5. The number of nitrogens with zero attached hydrogens (tertiary/aromatic N) is 1. The fraction of sp³-hybridized carbons (Fsp3) is 0.176. The molecule has 0 spiro atoms. The third-order valence-electron chi connectivity index (χ3n) is 3.41. The number of halogens is 1. The predicted octanol–water partition coefficient (Wildman–Crippen LogP) is 4.87. The Kier molecular flexibility index (Phi) is 4.87. The standard InChI is InChI=1S/C17H16ClN3O2S/c1-10-8-12(5-6-14(10)18)21-16(22)15-11(2)20-17(24-15)19-9-13-4-3-7-23-13/h3-8H,9H2,1-2H3,(H,19,20)(H,21,22). The first-order valence-electron chi connectivity index (χ1n) is 7.34. The minimum Gasteiger partial charge on any atom is -0.467 e. The molecule has 2 N–H and O–H groups in total. The molecule has 2 aromatic heterocycles. The lowest BCUT2D eigenvalue weighted by molar-refractivity contribution is 0.103. The van der Waals surface area contributed by atoms with E-state index in [1.165, 1.54) is 11.3 Å². The summed E-state index contributed by atoms with van der Waals surface area (Å²) in [6.45, 7) is 4.24. The molecule has 3 aromatic rings. The second kappa shape index (κ2) is 7.07. The number of rotatable bonds is 5. The van der Waals surface area contributed by atoms with Crippen molar-refractivity contribution in [2.24, 2.45) is 0 Å². The van der Waals surface area contributed by atoms with Crippen molar-refractivity contribution in [3.63, 3.8) is 0 Å². The number of aromatic nitrogens is 1. The molecule has 0 aliphatic carbocycles. The van der Waals surface area contributed by atoms with Crippen molar-refractivity contribution < 1.29 is 9.21 Å². The maximum atomic E-state index is 12.5. The number of anilines is 2. The van der Waals surface area contributed by atoms with Crippen molar-refractivity contribution in [2.45, 2.75) is 20.4 Å². The largest absolute Gasteiger partial charge is 0.467 e. The van der Waals surface area contributed by atoms with Crippen molar-refractivity contribution >= 4 is 39.7 Å². The lowest BCUT2D eigenvalue weighted by atomic mass is 10.2. The van der Waals surface area contributed by atoms with E-state index in [2.05, 4.69) is 15.6 Å². The van der Waals surface area contributed by atoms with Crippen molar-refractivity contribution in [3.8, 4) is 0 Å². The molecule has 24 heavy (non-hydrogen) atoms. The van der Waals surface area contributed by atoms with Crippen LogP contribution in [-0.4, -0.2) is 10.9 Å². The fourth-order valence-corrected chi connectivity index (χ4v) is 3.14. The lowest BCUT2D eigenvalue weighted by Gasteiger charge is -2.06. The SMILES string of the molecule is Cc1cc(NC(=O)c2sc(NCc3ccco3)nc2C)ccc1Cl. The summed E-state index contributed by atoms with van der Waals surface area (Å²) in [6.07, 6.45) is 1.62. The van der Waals surface area contributed by atoms with Crippen molar-refractivity contribution in [2.75, 3.05) is 10.6 Å². The van der Waals surface area contributed by atoms with Crippen LogP contribution in [0.25, 0.3) is 0 Å². The Morgan fingerprint density at radius 3 is 2.88 bits per heavy atom. The van der Waals surface area contributed by atoms with E-state index in [-0.39, 0.29) is 5.91 Å². The van der Waals surface area contributed by atoms with Crippen LogP contribution < -0.4 is 10.6 Å². The highest BCUT2D eigenvalue weighted by molar-refractivity contribution is 7.17. The number of benzene rings is 1. The molecule has 2 heterocycles. The third-order valence-corrected chi connectivity index (χ3v) is 4.95. The van der Waals surface area contributed by atoms with E-state index >= 15 is 0 Å². The molecular formula is C17H16ClN3O2S. The Hall–Kier alpha value is -2.31. The molecular weight excluding hydrogens is 346 g/mol. The first-order chi connectivity index (χ1) is 11.5. The summed E-state index contributed by atoms with van der Waals surface area (Å²) in [4.78, 5) is 17.4. The van der Waals surface area contributed by atoms with Gasteiger partial charge in [-0.3, -0.25) is 4.79 Å². The van der Waals surface area contributed by atoms with Crippen LogP contribution in [0.1, 0.15) is 26.7 Å². The molecule has 3 rings (SSSR count). The number of furan rings is 1. The fourth-order valence-electron chi connectivity index (χ4n) is 2.17. The van der Waals surface area contributed by atoms with Crippen LogP contribution in [0.15, 0.2) is 41.0 Å². The number of aryl methyl sites for hydroxylation is 2. The number of carbonyl (C=O) groups is 1. The molecule has 0 saturated heterocycles. The van der Waals surface area contributed by atoms with Crippen molar-refractivity contribution in [1.29, 1.82) is 0 Å². The summed E-state index contributed by atoms with van der Waals surface area (Å²) < 4.78 is 5.26. The van der Waals surface area contributed by atoms with Crippen LogP contribution in [0.2, 0.25) is 5.02 Å². The van der Waals surface area contributed by atoms with Gasteiger partial charge in [-0.1, -0.05) is 22.9 Å². The summed E-state index contributed by atoms with van der Waals surface area (Å²) in [6, 6.07) is 9.09. The Labute approximate surface area is 148 Å². The molecule has 7 heteroatoms.